The van der Waals surface area contributed by atoms with Gasteiger partial charge in [0.25, 0.3) is 5.91 Å². The number of thiazole rings is 1. The molecular formula is C21H25N3O4S. The first-order valence-corrected chi connectivity index (χ1v) is 10.6. The minimum atomic E-state index is -0.650. The smallest absolute Gasteiger partial charge is 0.321 e. The molecule has 3 rings (SSSR count). The topological polar surface area (TPSA) is 97.4 Å². The fraction of sp³-hybridized carbons (Fsp3) is 0.429. The van der Waals surface area contributed by atoms with E-state index in [1.807, 2.05) is 30.3 Å². The second-order valence-corrected chi connectivity index (χ2v) is 8.10. The SMILES string of the molecule is CC1CCCCC1NC(=O)NC(=O)COC(=O)Cc1csc(-c2ccccc2)n1. The Bertz CT molecular complexity index is 853. The Kier molecular flexibility index (Phi) is 7.35. The fourth-order valence-corrected chi connectivity index (χ4v) is 4.17. The Balaban J connectivity index is 1.39. The quantitative estimate of drug-likeness (QED) is 0.706. The standard InChI is InChI=1S/C21H25N3O4S/c1-14-7-5-6-10-17(14)23-21(27)24-18(25)12-28-19(26)11-16-13-29-20(22-16)15-8-3-2-4-9-15/h2-4,8-9,13-14,17H,5-7,10-12H2,1H3,(H2,23,24,25,27). The molecule has 8 heteroatoms. The molecule has 154 valence electrons. The number of rotatable bonds is 6. The summed E-state index contributed by atoms with van der Waals surface area (Å²) < 4.78 is 4.97. The van der Waals surface area contributed by atoms with Crippen LogP contribution in [0.3, 0.4) is 0 Å². The molecule has 7 nitrogen and oxygen atoms in total. The third kappa shape index (κ3) is 6.39. The number of carbonyl (C=O) groups is 3. The number of amides is 3. The molecule has 0 aliphatic heterocycles. The summed E-state index contributed by atoms with van der Waals surface area (Å²) in [5, 5.41) is 7.65. The van der Waals surface area contributed by atoms with Crippen molar-refractivity contribution in [3.8, 4) is 10.6 Å². The summed E-state index contributed by atoms with van der Waals surface area (Å²) in [4.78, 5) is 40.2. The van der Waals surface area contributed by atoms with Crippen molar-refractivity contribution in [2.24, 2.45) is 5.92 Å². The van der Waals surface area contributed by atoms with Crippen molar-refractivity contribution in [3.05, 3.63) is 41.4 Å². The third-order valence-corrected chi connectivity index (χ3v) is 5.88. The normalized spacial score (nSPS) is 18.7. The molecule has 2 aromatic rings. The van der Waals surface area contributed by atoms with Crippen LogP contribution in [0, 0.1) is 5.92 Å². The molecule has 2 unspecified atom stereocenters. The van der Waals surface area contributed by atoms with Crippen molar-refractivity contribution in [2.75, 3.05) is 6.61 Å². The molecule has 0 saturated heterocycles. The van der Waals surface area contributed by atoms with Crippen LogP contribution in [0.2, 0.25) is 0 Å². The molecule has 2 N–H and O–H groups in total. The van der Waals surface area contributed by atoms with Crippen LogP contribution >= 0.6 is 11.3 Å². The van der Waals surface area contributed by atoms with Gasteiger partial charge in [-0.1, -0.05) is 50.1 Å². The number of benzene rings is 1. The lowest BCUT2D eigenvalue weighted by Gasteiger charge is -2.29. The van der Waals surface area contributed by atoms with Gasteiger partial charge in [-0.25, -0.2) is 9.78 Å². The maximum atomic E-state index is 12.0. The summed E-state index contributed by atoms with van der Waals surface area (Å²) in [7, 11) is 0. The summed E-state index contributed by atoms with van der Waals surface area (Å²) in [6.07, 6.45) is 4.20. The highest BCUT2D eigenvalue weighted by molar-refractivity contribution is 7.13. The largest absolute Gasteiger partial charge is 0.455 e. The molecule has 1 aliphatic rings. The number of imide groups is 1. The number of hydrogen-bond donors (Lipinski definition) is 2. The number of carbonyl (C=O) groups excluding carboxylic acids is 3. The lowest BCUT2D eigenvalue weighted by molar-refractivity contribution is -0.147. The average Bonchev–Trinajstić information content (AvgIpc) is 3.17. The van der Waals surface area contributed by atoms with Gasteiger partial charge in [-0.2, -0.15) is 0 Å². The van der Waals surface area contributed by atoms with E-state index in [-0.39, 0.29) is 12.5 Å². The van der Waals surface area contributed by atoms with Crippen LogP contribution in [-0.2, 0) is 20.7 Å². The zero-order valence-electron chi connectivity index (χ0n) is 16.3. The summed E-state index contributed by atoms with van der Waals surface area (Å²) >= 11 is 1.44. The van der Waals surface area contributed by atoms with Crippen molar-refractivity contribution in [1.29, 1.82) is 0 Å². The molecule has 0 radical (unpaired) electrons. The van der Waals surface area contributed by atoms with Crippen molar-refractivity contribution >= 4 is 29.2 Å². The molecule has 1 heterocycles. The van der Waals surface area contributed by atoms with Crippen molar-refractivity contribution < 1.29 is 19.1 Å². The Morgan fingerprint density at radius 1 is 1.17 bits per heavy atom. The van der Waals surface area contributed by atoms with E-state index >= 15 is 0 Å². The second-order valence-electron chi connectivity index (χ2n) is 7.24. The predicted molar refractivity (Wildman–Crippen MR) is 110 cm³/mol. The monoisotopic (exact) mass is 415 g/mol. The Morgan fingerprint density at radius 3 is 2.69 bits per heavy atom. The summed E-state index contributed by atoms with van der Waals surface area (Å²) in [6.45, 7) is 1.59. The minimum Gasteiger partial charge on any atom is -0.455 e. The zero-order chi connectivity index (χ0) is 20.6. The van der Waals surface area contributed by atoms with Gasteiger partial charge in [0.15, 0.2) is 6.61 Å². The summed E-state index contributed by atoms with van der Waals surface area (Å²) in [5.41, 5.74) is 1.57. The predicted octanol–water partition coefficient (Wildman–Crippen LogP) is 3.30. The van der Waals surface area contributed by atoms with Gasteiger partial charge in [-0.3, -0.25) is 14.9 Å². The second kappa shape index (κ2) is 10.2. The molecule has 0 bridgehead atoms. The van der Waals surface area contributed by atoms with E-state index in [1.165, 1.54) is 17.8 Å². The zero-order valence-corrected chi connectivity index (χ0v) is 17.2. The van der Waals surface area contributed by atoms with E-state index < -0.39 is 24.5 Å². The highest BCUT2D eigenvalue weighted by Crippen LogP contribution is 2.24. The van der Waals surface area contributed by atoms with Gasteiger partial charge < -0.3 is 10.1 Å². The molecular weight excluding hydrogens is 390 g/mol. The molecule has 1 saturated carbocycles. The van der Waals surface area contributed by atoms with Crippen LogP contribution in [0.4, 0.5) is 4.79 Å². The molecule has 1 aromatic heterocycles. The van der Waals surface area contributed by atoms with Crippen LogP contribution in [0.1, 0.15) is 38.3 Å². The van der Waals surface area contributed by atoms with E-state index in [2.05, 4.69) is 22.5 Å². The van der Waals surface area contributed by atoms with Gasteiger partial charge in [0.1, 0.15) is 5.01 Å². The first kappa shape index (κ1) is 21.0. The van der Waals surface area contributed by atoms with Crippen LogP contribution < -0.4 is 10.6 Å². The number of nitrogens with one attached hydrogen (secondary N) is 2. The lowest BCUT2D eigenvalue weighted by atomic mass is 9.86. The maximum absolute atomic E-state index is 12.0. The van der Waals surface area contributed by atoms with Gasteiger partial charge >= 0.3 is 12.0 Å². The third-order valence-electron chi connectivity index (χ3n) is 4.94. The van der Waals surface area contributed by atoms with Gasteiger partial charge in [-0.05, 0) is 18.8 Å². The van der Waals surface area contributed by atoms with Crippen molar-refractivity contribution in [3.63, 3.8) is 0 Å². The molecule has 1 aliphatic carbocycles. The summed E-state index contributed by atoms with van der Waals surface area (Å²) in [5.74, 6) is -0.824. The van der Waals surface area contributed by atoms with Crippen LogP contribution in [-0.4, -0.2) is 35.5 Å². The minimum absolute atomic E-state index is 0.0254. The number of esters is 1. The first-order chi connectivity index (χ1) is 14.0. The highest BCUT2D eigenvalue weighted by Gasteiger charge is 2.23. The molecule has 2 atom stereocenters. The molecule has 1 fully saturated rings. The molecule has 1 aromatic carbocycles. The van der Waals surface area contributed by atoms with E-state index in [4.69, 9.17) is 4.74 Å². The Labute approximate surface area is 173 Å². The average molecular weight is 416 g/mol. The fourth-order valence-electron chi connectivity index (χ4n) is 3.34. The van der Waals surface area contributed by atoms with E-state index in [9.17, 15) is 14.4 Å². The Morgan fingerprint density at radius 2 is 1.93 bits per heavy atom. The van der Waals surface area contributed by atoms with Crippen LogP contribution in [0.25, 0.3) is 10.6 Å². The number of hydrogen-bond acceptors (Lipinski definition) is 6. The van der Waals surface area contributed by atoms with E-state index in [1.54, 1.807) is 5.38 Å². The van der Waals surface area contributed by atoms with Crippen molar-refractivity contribution in [2.45, 2.75) is 45.1 Å². The highest BCUT2D eigenvalue weighted by atomic mass is 32.1. The van der Waals surface area contributed by atoms with Gasteiger partial charge in [0.05, 0.1) is 12.1 Å². The summed E-state index contributed by atoms with van der Waals surface area (Å²) in [6, 6.07) is 9.20. The van der Waals surface area contributed by atoms with Gasteiger partial charge in [0, 0.05) is 17.0 Å². The van der Waals surface area contributed by atoms with Gasteiger partial charge in [-0.15, -0.1) is 11.3 Å². The number of aromatic nitrogens is 1. The van der Waals surface area contributed by atoms with E-state index in [0.717, 1.165) is 29.8 Å². The van der Waals surface area contributed by atoms with Crippen molar-refractivity contribution in [1.82, 2.24) is 15.6 Å². The Hall–Kier alpha value is -2.74. The number of nitrogens with zero attached hydrogens (tertiary/aromatic N) is 1. The molecule has 0 spiro atoms. The molecule has 29 heavy (non-hydrogen) atoms. The van der Waals surface area contributed by atoms with Gasteiger partial charge in [0.2, 0.25) is 0 Å². The molecule has 3 amide bonds. The maximum Gasteiger partial charge on any atom is 0.321 e. The number of urea groups is 1. The van der Waals surface area contributed by atoms with Crippen LogP contribution in [0.5, 0.6) is 0 Å². The van der Waals surface area contributed by atoms with Crippen LogP contribution in [0.15, 0.2) is 35.7 Å². The lowest BCUT2D eigenvalue weighted by Crippen LogP contribution is -2.48. The number of ether oxygens (including phenoxy) is 1. The first-order valence-electron chi connectivity index (χ1n) is 9.77. The van der Waals surface area contributed by atoms with E-state index in [0.29, 0.717) is 11.6 Å².